The van der Waals surface area contributed by atoms with Crippen LogP contribution >= 0.6 is 11.6 Å². The zero-order valence-electron chi connectivity index (χ0n) is 11.6. The molecule has 0 radical (unpaired) electrons. The van der Waals surface area contributed by atoms with Crippen LogP contribution in [0.1, 0.15) is 25.3 Å². The fourth-order valence-corrected chi connectivity index (χ4v) is 2.35. The maximum atomic E-state index is 11.9. The minimum absolute atomic E-state index is 0.105. The Bertz CT molecular complexity index is 563. The van der Waals surface area contributed by atoms with Crippen molar-refractivity contribution in [3.8, 4) is 11.8 Å². The van der Waals surface area contributed by atoms with E-state index in [2.05, 4.69) is 11.4 Å². The molecule has 1 aromatic carbocycles. The van der Waals surface area contributed by atoms with Gasteiger partial charge >= 0.3 is 0 Å². The Balaban J connectivity index is 1.90. The maximum absolute atomic E-state index is 11.9. The second-order valence-electron chi connectivity index (χ2n) is 5.34. The van der Waals surface area contributed by atoms with Gasteiger partial charge in [-0.3, -0.25) is 4.79 Å². The van der Waals surface area contributed by atoms with E-state index in [1.807, 2.05) is 6.92 Å². The van der Waals surface area contributed by atoms with Gasteiger partial charge in [0.15, 0.2) is 6.61 Å². The van der Waals surface area contributed by atoms with Gasteiger partial charge in [0.1, 0.15) is 11.3 Å². The molecular formula is C15H17ClN2O2. The zero-order chi connectivity index (χ0) is 14.8. The number of halogens is 1. The summed E-state index contributed by atoms with van der Waals surface area (Å²) >= 11 is 5.86. The standard InChI is InChI=1S/C15H17ClN2O2/c1-10-7-12(16)5-6-13(10)20-8-14(19)18-15(2,9-17)11-3-4-11/h5-7,11H,3-4,8H2,1-2H3,(H,18,19)/t15-/m0/s1. The zero-order valence-corrected chi connectivity index (χ0v) is 12.3. The molecule has 1 aromatic rings. The molecule has 1 fully saturated rings. The third kappa shape index (κ3) is 3.43. The van der Waals surface area contributed by atoms with Crippen LogP contribution in [0.3, 0.4) is 0 Å². The summed E-state index contributed by atoms with van der Waals surface area (Å²) in [5, 5.41) is 12.6. The number of carbonyl (C=O) groups excluding carboxylic acids is 1. The van der Waals surface area contributed by atoms with Crippen LogP contribution in [0.15, 0.2) is 18.2 Å². The van der Waals surface area contributed by atoms with E-state index in [-0.39, 0.29) is 18.4 Å². The second kappa shape index (κ2) is 5.72. The normalized spacial score (nSPS) is 16.9. The van der Waals surface area contributed by atoms with E-state index in [9.17, 15) is 10.1 Å². The van der Waals surface area contributed by atoms with Gasteiger partial charge in [0.05, 0.1) is 6.07 Å². The Morgan fingerprint density at radius 2 is 2.30 bits per heavy atom. The van der Waals surface area contributed by atoms with Crippen LogP contribution in [-0.4, -0.2) is 18.1 Å². The largest absolute Gasteiger partial charge is 0.484 e. The molecule has 0 bridgehead atoms. The number of amides is 1. The predicted octanol–water partition coefficient (Wildman–Crippen LogP) is 2.84. The molecule has 4 nitrogen and oxygen atoms in total. The summed E-state index contributed by atoms with van der Waals surface area (Å²) in [5.41, 5.74) is 0.0886. The van der Waals surface area contributed by atoms with Crippen molar-refractivity contribution in [2.75, 3.05) is 6.61 Å². The third-order valence-electron chi connectivity index (χ3n) is 3.52. The lowest BCUT2D eigenvalue weighted by Gasteiger charge is -2.22. The van der Waals surface area contributed by atoms with E-state index in [0.29, 0.717) is 10.8 Å². The maximum Gasteiger partial charge on any atom is 0.259 e. The Morgan fingerprint density at radius 1 is 1.60 bits per heavy atom. The van der Waals surface area contributed by atoms with Crippen molar-refractivity contribution in [3.63, 3.8) is 0 Å². The molecule has 1 saturated carbocycles. The van der Waals surface area contributed by atoms with Crippen LogP contribution in [0, 0.1) is 24.2 Å². The second-order valence-corrected chi connectivity index (χ2v) is 5.77. The number of nitrogens with one attached hydrogen (secondary N) is 1. The molecule has 2 rings (SSSR count). The molecule has 0 spiro atoms. The average Bonchev–Trinajstić information content (AvgIpc) is 3.22. The Hall–Kier alpha value is -1.73. The van der Waals surface area contributed by atoms with E-state index < -0.39 is 5.54 Å². The molecule has 0 saturated heterocycles. The topological polar surface area (TPSA) is 62.1 Å². The Labute approximate surface area is 123 Å². The lowest BCUT2D eigenvalue weighted by Crippen LogP contribution is -2.48. The minimum atomic E-state index is -0.782. The highest BCUT2D eigenvalue weighted by molar-refractivity contribution is 6.30. The highest BCUT2D eigenvalue weighted by Crippen LogP contribution is 2.39. The summed E-state index contributed by atoms with van der Waals surface area (Å²) in [5.74, 6) is 0.596. The van der Waals surface area contributed by atoms with Crippen molar-refractivity contribution in [2.24, 2.45) is 5.92 Å². The van der Waals surface area contributed by atoms with Gasteiger partial charge in [0, 0.05) is 5.02 Å². The molecule has 1 aliphatic rings. The van der Waals surface area contributed by atoms with Crippen molar-refractivity contribution in [2.45, 2.75) is 32.2 Å². The summed E-state index contributed by atoms with van der Waals surface area (Å²) in [6.45, 7) is 3.52. The molecule has 106 valence electrons. The van der Waals surface area contributed by atoms with Gasteiger partial charge in [0.2, 0.25) is 0 Å². The van der Waals surface area contributed by atoms with Crippen molar-refractivity contribution in [1.29, 1.82) is 5.26 Å². The molecule has 0 aromatic heterocycles. The summed E-state index contributed by atoms with van der Waals surface area (Å²) < 4.78 is 5.46. The molecule has 1 atom stereocenters. The van der Waals surface area contributed by atoms with Gasteiger partial charge in [-0.05, 0) is 56.4 Å². The predicted molar refractivity (Wildman–Crippen MR) is 76.6 cm³/mol. The number of nitrogens with zero attached hydrogens (tertiary/aromatic N) is 1. The SMILES string of the molecule is Cc1cc(Cl)ccc1OCC(=O)N[C@@](C)(C#N)C1CC1. The van der Waals surface area contributed by atoms with Gasteiger partial charge in [-0.1, -0.05) is 11.6 Å². The van der Waals surface area contributed by atoms with Crippen LogP contribution in [0.5, 0.6) is 5.75 Å². The van der Waals surface area contributed by atoms with Crippen LogP contribution in [0.4, 0.5) is 0 Å². The minimum Gasteiger partial charge on any atom is -0.484 e. The van der Waals surface area contributed by atoms with E-state index in [0.717, 1.165) is 18.4 Å². The molecule has 0 aliphatic heterocycles. The fraction of sp³-hybridized carbons (Fsp3) is 0.467. The van der Waals surface area contributed by atoms with Crippen LogP contribution in [0.2, 0.25) is 5.02 Å². The van der Waals surface area contributed by atoms with Crippen molar-refractivity contribution >= 4 is 17.5 Å². The van der Waals surface area contributed by atoms with Crippen molar-refractivity contribution < 1.29 is 9.53 Å². The lowest BCUT2D eigenvalue weighted by atomic mass is 9.98. The molecule has 1 amide bonds. The molecule has 0 unspecified atom stereocenters. The van der Waals surface area contributed by atoms with Gasteiger partial charge < -0.3 is 10.1 Å². The summed E-state index contributed by atoms with van der Waals surface area (Å²) in [6.07, 6.45) is 1.98. The van der Waals surface area contributed by atoms with Crippen LogP contribution in [-0.2, 0) is 4.79 Å². The molecule has 20 heavy (non-hydrogen) atoms. The first-order chi connectivity index (χ1) is 9.44. The van der Waals surface area contributed by atoms with Crippen LogP contribution < -0.4 is 10.1 Å². The van der Waals surface area contributed by atoms with E-state index in [4.69, 9.17) is 16.3 Å². The number of carbonyl (C=O) groups is 1. The number of nitriles is 1. The third-order valence-corrected chi connectivity index (χ3v) is 3.76. The number of aryl methyl sites for hydroxylation is 1. The Kier molecular flexibility index (Phi) is 4.20. The number of ether oxygens (including phenoxy) is 1. The first kappa shape index (κ1) is 14.7. The summed E-state index contributed by atoms with van der Waals surface area (Å²) in [4.78, 5) is 11.9. The van der Waals surface area contributed by atoms with Gasteiger partial charge in [-0.2, -0.15) is 5.26 Å². The summed E-state index contributed by atoms with van der Waals surface area (Å²) in [7, 11) is 0. The van der Waals surface area contributed by atoms with Crippen molar-refractivity contribution in [3.05, 3.63) is 28.8 Å². The fourth-order valence-electron chi connectivity index (χ4n) is 2.13. The highest BCUT2D eigenvalue weighted by atomic mass is 35.5. The van der Waals surface area contributed by atoms with Gasteiger partial charge in [-0.15, -0.1) is 0 Å². The number of benzene rings is 1. The number of rotatable bonds is 5. The average molecular weight is 293 g/mol. The van der Waals surface area contributed by atoms with Crippen molar-refractivity contribution in [1.82, 2.24) is 5.32 Å². The quantitative estimate of drug-likeness (QED) is 0.908. The molecule has 1 N–H and O–H groups in total. The monoisotopic (exact) mass is 292 g/mol. The first-order valence-electron chi connectivity index (χ1n) is 6.56. The number of hydrogen-bond acceptors (Lipinski definition) is 3. The van der Waals surface area contributed by atoms with Gasteiger partial charge in [0.25, 0.3) is 5.91 Å². The Morgan fingerprint density at radius 3 is 2.85 bits per heavy atom. The smallest absolute Gasteiger partial charge is 0.259 e. The highest BCUT2D eigenvalue weighted by Gasteiger charge is 2.43. The van der Waals surface area contributed by atoms with E-state index in [1.54, 1.807) is 25.1 Å². The lowest BCUT2D eigenvalue weighted by molar-refractivity contribution is -0.124. The molecule has 0 heterocycles. The van der Waals surface area contributed by atoms with E-state index >= 15 is 0 Å². The number of hydrogen-bond donors (Lipinski definition) is 1. The molecule has 5 heteroatoms. The molecule has 1 aliphatic carbocycles. The van der Waals surface area contributed by atoms with E-state index in [1.165, 1.54) is 0 Å². The first-order valence-corrected chi connectivity index (χ1v) is 6.93. The summed E-state index contributed by atoms with van der Waals surface area (Å²) in [6, 6.07) is 7.40. The van der Waals surface area contributed by atoms with Gasteiger partial charge in [-0.25, -0.2) is 0 Å². The molecular weight excluding hydrogens is 276 g/mol. The van der Waals surface area contributed by atoms with Crippen LogP contribution in [0.25, 0.3) is 0 Å².